The molecule has 2 rings (SSSR count). The molecule has 13 heavy (non-hydrogen) atoms. The maximum absolute atomic E-state index is 11.2. The Kier molecular flexibility index (Phi) is 2.18. The molecule has 4 nitrogen and oxygen atoms in total. The lowest BCUT2D eigenvalue weighted by Crippen LogP contribution is -2.21. The zero-order valence-electron chi connectivity index (χ0n) is 6.90. The fraction of sp³-hybridized carbons (Fsp3) is 0.375. The predicted octanol–water partition coefficient (Wildman–Crippen LogP) is 0.552. The summed E-state index contributed by atoms with van der Waals surface area (Å²) in [6, 6.07) is 0. The van der Waals surface area contributed by atoms with Gasteiger partial charge in [-0.05, 0) is 6.42 Å². The molecule has 0 spiro atoms. The lowest BCUT2D eigenvalue weighted by Gasteiger charge is -2.16. The summed E-state index contributed by atoms with van der Waals surface area (Å²) < 4.78 is 1.86. The molecular weight excluding hydrogens is 188 g/mol. The molecule has 0 atom stereocenters. The molecule has 0 amide bonds. The first-order valence-corrected chi connectivity index (χ1v) is 4.99. The Morgan fingerprint density at radius 2 is 2.46 bits per heavy atom. The topological polar surface area (TPSA) is 52.0 Å². The summed E-state index contributed by atoms with van der Waals surface area (Å²) in [4.78, 5) is 25.4. The van der Waals surface area contributed by atoms with Crippen molar-refractivity contribution in [1.82, 2.24) is 9.55 Å². The molecule has 0 bridgehead atoms. The van der Waals surface area contributed by atoms with E-state index in [2.05, 4.69) is 4.98 Å². The molecule has 0 aromatic carbocycles. The number of aromatic nitrogens is 2. The summed E-state index contributed by atoms with van der Waals surface area (Å²) in [5.41, 5.74) is -0.276. The Bertz CT molecular complexity index is 400. The minimum atomic E-state index is -0.421. The summed E-state index contributed by atoms with van der Waals surface area (Å²) in [6.45, 7) is 0.844. The third kappa shape index (κ3) is 1.51. The molecule has 2 heterocycles. The van der Waals surface area contributed by atoms with Gasteiger partial charge in [0.15, 0.2) is 11.4 Å². The van der Waals surface area contributed by atoms with Crippen LogP contribution >= 0.6 is 11.8 Å². The second-order valence-electron chi connectivity index (χ2n) is 2.80. The average molecular weight is 196 g/mol. The van der Waals surface area contributed by atoms with Gasteiger partial charge >= 0.3 is 0 Å². The number of carbonyl (C=O) groups excluding carboxylic acids is 1. The van der Waals surface area contributed by atoms with Gasteiger partial charge in [-0.25, -0.2) is 0 Å². The Labute approximate surface area is 79.0 Å². The molecule has 0 unspecified atom stereocenters. The Morgan fingerprint density at radius 1 is 1.62 bits per heavy atom. The molecular formula is C8H8N2O2S. The monoisotopic (exact) mass is 196 g/mol. The third-order valence-electron chi connectivity index (χ3n) is 1.89. The lowest BCUT2D eigenvalue weighted by atomic mass is 10.3. The van der Waals surface area contributed by atoms with E-state index in [1.807, 2.05) is 4.57 Å². The molecule has 0 saturated heterocycles. The van der Waals surface area contributed by atoms with Gasteiger partial charge < -0.3 is 4.57 Å². The van der Waals surface area contributed by atoms with E-state index in [0.717, 1.165) is 23.9 Å². The van der Waals surface area contributed by atoms with Gasteiger partial charge in [-0.1, -0.05) is 11.8 Å². The Hall–Kier alpha value is -1.10. The molecule has 5 heteroatoms. The van der Waals surface area contributed by atoms with Gasteiger partial charge in [-0.2, -0.15) is 4.98 Å². The predicted molar refractivity (Wildman–Crippen MR) is 49.2 cm³/mol. The molecule has 1 aromatic rings. The fourth-order valence-electron chi connectivity index (χ4n) is 1.25. The Balaban J connectivity index is 2.57. The van der Waals surface area contributed by atoms with Crippen molar-refractivity contribution in [2.24, 2.45) is 0 Å². The molecule has 0 aliphatic carbocycles. The first kappa shape index (κ1) is 8.50. The van der Waals surface area contributed by atoms with Gasteiger partial charge in [-0.3, -0.25) is 9.59 Å². The number of hydrogen-bond donors (Lipinski definition) is 0. The van der Waals surface area contributed by atoms with E-state index >= 15 is 0 Å². The van der Waals surface area contributed by atoms with Crippen molar-refractivity contribution < 1.29 is 4.79 Å². The van der Waals surface area contributed by atoms with E-state index in [1.54, 1.807) is 18.0 Å². The van der Waals surface area contributed by atoms with Gasteiger partial charge in [0, 0.05) is 18.5 Å². The molecule has 68 valence electrons. The summed E-state index contributed by atoms with van der Waals surface area (Å²) in [6.07, 6.45) is 3.20. The van der Waals surface area contributed by atoms with Crippen LogP contribution in [0.4, 0.5) is 0 Å². The zero-order chi connectivity index (χ0) is 9.26. The van der Waals surface area contributed by atoms with Gasteiger partial charge in [0.25, 0.3) is 5.56 Å². The minimum absolute atomic E-state index is 0.145. The maximum Gasteiger partial charge on any atom is 0.284 e. The molecule has 0 radical (unpaired) electrons. The van der Waals surface area contributed by atoms with Crippen LogP contribution in [-0.4, -0.2) is 21.6 Å². The normalized spacial score (nSPS) is 15.1. The first-order chi connectivity index (χ1) is 6.31. The van der Waals surface area contributed by atoms with Gasteiger partial charge in [0.1, 0.15) is 0 Å². The highest BCUT2D eigenvalue weighted by atomic mass is 32.2. The van der Waals surface area contributed by atoms with Crippen molar-refractivity contribution in [3.05, 3.63) is 22.1 Å². The number of thioether (sulfide) groups is 1. The quantitative estimate of drug-likeness (QED) is 0.486. The smallest absolute Gasteiger partial charge is 0.284 e. The van der Waals surface area contributed by atoms with Gasteiger partial charge in [0.2, 0.25) is 0 Å². The summed E-state index contributed by atoms with van der Waals surface area (Å²) in [5.74, 6) is 0.993. The van der Waals surface area contributed by atoms with Crippen LogP contribution in [0, 0.1) is 0 Å². The van der Waals surface area contributed by atoms with E-state index < -0.39 is 5.56 Å². The maximum atomic E-state index is 11.2. The van der Waals surface area contributed by atoms with Crippen molar-refractivity contribution in [2.75, 3.05) is 5.75 Å². The summed E-state index contributed by atoms with van der Waals surface area (Å²) in [5, 5.41) is 0.724. The number of nitrogens with zero attached hydrogens (tertiary/aromatic N) is 2. The number of carbonyl (C=O) groups is 1. The number of fused-ring (bicyclic) bond motifs is 1. The van der Waals surface area contributed by atoms with Crippen molar-refractivity contribution in [3.63, 3.8) is 0 Å². The van der Waals surface area contributed by atoms with Crippen LogP contribution in [0.2, 0.25) is 0 Å². The van der Waals surface area contributed by atoms with Crippen LogP contribution in [0.15, 0.2) is 16.1 Å². The number of rotatable bonds is 1. The summed E-state index contributed by atoms with van der Waals surface area (Å²) in [7, 11) is 0. The molecule has 0 N–H and O–H groups in total. The number of aryl methyl sites for hydroxylation is 1. The van der Waals surface area contributed by atoms with Crippen LogP contribution in [0.5, 0.6) is 0 Å². The van der Waals surface area contributed by atoms with Gasteiger partial charge in [-0.15, -0.1) is 0 Å². The third-order valence-corrected chi connectivity index (χ3v) is 2.96. The van der Waals surface area contributed by atoms with Crippen molar-refractivity contribution in [2.45, 2.75) is 18.1 Å². The van der Waals surface area contributed by atoms with Crippen molar-refractivity contribution in [1.29, 1.82) is 0 Å². The Morgan fingerprint density at radius 3 is 3.23 bits per heavy atom. The summed E-state index contributed by atoms with van der Waals surface area (Å²) >= 11 is 1.56. The number of hydrogen-bond acceptors (Lipinski definition) is 4. The molecule has 1 aromatic heterocycles. The van der Waals surface area contributed by atoms with Crippen LogP contribution in [0.1, 0.15) is 16.8 Å². The largest absolute Gasteiger partial charge is 0.327 e. The first-order valence-electron chi connectivity index (χ1n) is 4.01. The molecule has 0 saturated carbocycles. The van der Waals surface area contributed by atoms with Crippen LogP contribution in [0.25, 0.3) is 0 Å². The molecule has 1 aliphatic heterocycles. The number of aldehydes is 1. The van der Waals surface area contributed by atoms with Crippen LogP contribution in [0.3, 0.4) is 0 Å². The minimum Gasteiger partial charge on any atom is -0.327 e. The fourth-order valence-corrected chi connectivity index (χ4v) is 2.16. The van der Waals surface area contributed by atoms with Gasteiger partial charge in [0.05, 0.1) is 5.56 Å². The second-order valence-corrected chi connectivity index (χ2v) is 3.86. The van der Waals surface area contributed by atoms with Crippen molar-refractivity contribution >= 4 is 18.0 Å². The second kappa shape index (κ2) is 3.33. The lowest BCUT2D eigenvalue weighted by molar-refractivity contribution is 0.112. The highest BCUT2D eigenvalue weighted by molar-refractivity contribution is 7.99. The standard InChI is InChI=1S/C8H8N2O2S/c11-5-6-4-10-2-1-3-13-8(10)9-7(6)12/h4-5H,1-3H2. The molecule has 0 fully saturated rings. The zero-order valence-corrected chi connectivity index (χ0v) is 7.71. The SMILES string of the molecule is O=Cc1cn2c(nc1=O)SCCC2. The highest BCUT2D eigenvalue weighted by Crippen LogP contribution is 2.20. The molecule has 1 aliphatic rings. The van der Waals surface area contributed by atoms with Crippen LogP contribution < -0.4 is 5.56 Å². The van der Waals surface area contributed by atoms with E-state index in [-0.39, 0.29) is 5.56 Å². The highest BCUT2D eigenvalue weighted by Gasteiger charge is 2.11. The van der Waals surface area contributed by atoms with Crippen LogP contribution in [-0.2, 0) is 6.54 Å². The average Bonchev–Trinajstić information content (AvgIpc) is 2.17. The van der Waals surface area contributed by atoms with E-state index in [1.165, 1.54) is 0 Å². The van der Waals surface area contributed by atoms with E-state index in [0.29, 0.717) is 6.29 Å². The van der Waals surface area contributed by atoms with E-state index in [9.17, 15) is 9.59 Å². The van der Waals surface area contributed by atoms with Crippen molar-refractivity contribution in [3.8, 4) is 0 Å². The van der Waals surface area contributed by atoms with E-state index in [4.69, 9.17) is 0 Å².